The summed E-state index contributed by atoms with van der Waals surface area (Å²) in [7, 11) is 0. The minimum Gasteiger partial charge on any atom is -0.395 e. The Morgan fingerprint density at radius 2 is 1.89 bits per heavy atom. The highest BCUT2D eigenvalue weighted by molar-refractivity contribution is 9.09. The van der Waals surface area contributed by atoms with E-state index in [9.17, 15) is 19.5 Å². The molecule has 8 nitrogen and oxygen atoms in total. The van der Waals surface area contributed by atoms with Crippen LogP contribution in [-0.2, 0) is 19.1 Å². The molecule has 0 radical (unpaired) electrons. The lowest BCUT2D eigenvalue weighted by Gasteiger charge is -2.38. The monoisotopic (exact) mass is 559 g/mol. The number of anilines is 1. The number of alkyl halides is 1. The van der Waals surface area contributed by atoms with Crippen molar-refractivity contribution in [3.05, 3.63) is 55.6 Å². The number of carbonyl (C=O) groups excluding carboxylic acids is 3. The molecule has 1 N–H and O–H groups in total. The number of ether oxygens (including phenoxy) is 1. The molecular formula is C27H34BrN3O5. The molecule has 3 aliphatic rings. The molecule has 0 saturated carbocycles. The maximum atomic E-state index is 14.1. The van der Waals surface area contributed by atoms with Crippen molar-refractivity contribution >= 4 is 39.3 Å². The highest BCUT2D eigenvalue weighted by atomic mass is 79.9. The molecule has 3 aliphatic heterocycles. The van der Waals surface area contributed by atoms with Crippen LogP contribution in [0, 0.1) is 11.8 Å². The van der Waals surface area contributed by atoms with Gasteiger partial charge in [-0.1, -0.05) is 46.3 Å². The molecule has 3 amide bonds. The smallest absolute Gasteiger partial charge is 0.248 e. The Balaban J connectivity index is 1.78. The van der Waals surface area contributed by atoms with E-state index in [4.69, 9.17) is 4.74 Å². The molecule has 1 spiro atoms. The molecule has 2 bridgehead atoms. The van der Waals surface area contributed by atoms with Crippen molar-refractivity contribution in [2.75, 3.05) is 31.1 Å². The quantitative estimate of drug-likeness (QED) is 0.351. The molecule has 6 atom stereocenters. The van der Waals surface area contributed by atoms with Crippen LogP contribution in [0.25, 0.3) is 0 Å². The average molecular weight is 560 g/mol. The number of nitrogens with zero attached hydrogens (tertiary/aromatic N) is 3. The van der Waals surface area contributed by atoms with Crippen molar-refractivity contribution < 1.29 is 24.2 Å². The first kappa shape index (κ1) is 26.6. The number of carbonyl (C=O) groups is 3. The molecule has 0 aliphatic carbocycles. The van der Waals surface area contributed by atoms with Gasteiger partial charge in [-0.2, -0.15) is 0 Å². The van der Waals surface area contributed by atoms with Gasteiger partial charge in [-0.15, -0.1) is 13.2 Å². The Labute approximate surface area is 220 Å². The fraction of sp³-hybridized carbons (Fsp3) is 0.519. The normalized spacial score (nSPS) is 30.4. The van der Waals surface area contributed by atoms with Crippen LogP contribution in [-0.4, -0.2) is 87.5 Å². The van der Waals surface area contributed by atoms with Crippen molar-refractivity contribution in [1.29, 1.82) is 0 Å². The zero-order valence-electron chi connectivity index (χ0n) is 20.8. The zero-order valence-corrected chi connectivity index (χ0v) is 22.3. The van der Waals surface area contributed by atoms with Crippen LogP contribution in [0.5, 0.6) is 0 Å². The summed E-state index contributed by atoms with van der Waals surface area (Å²) in [6.07, 6.45) is 3.17. The van der Waals surface area contributed by atoms with E-state index in [1.54, 1.807) is 22.0 Å². The van der Waals surface area contributed by atoms with Gasteiger partial charge < -0.3 is 24.5 Å². The number of β-amino-alcohol motifs (C(OH)–C–C–N with tert-alkyl or cyclic N) is 1. The van der Waals surface area contributed by atoms with E-state index in [0.717, 1.165) is 0 Å². The van der Waals surface area contributed by atoms with Crippen LogP contribution in [0.1, 0.15) is 20.3 Å². The highest BCUT2D eigenvalue weighted by Gasteiger charge is 2.76. The number of hydrogen-bond acceptors (Lipinski definition) is 5. The molecule has 3 saturated heterocycles. The maximum absolute atomic E-state index is 14.1. The van der Waals surface area contributed by atoms with Gasteiger partial charge in [0.1, 0.15) is 11.6 Å². The number of fused-ring (bicyclic) bond motifs is 1. The first-order valence-corrected chi connectivity index (χ1v) is 13.3. The van der Waals surface area contributed by atoms with E-state index in [-0.39, 0.29) is 48.3 Å². The number of amides is 3. The topological polar surface area (TPSA) is 90.4 Å². The minimum absolute atomic E-state index is 0.00946. The van der Waals surface area contributed by atoms with Crippen LogP contribution in [0.2, 0.25) is 0 Å². The average Bonchev–Trinajstić information content (AvgIpc) is 3.44. The van der Waals surface area contributed by atoms with E-state index in [1.165, 1.54) is 4.90 Å². The van der Waals surface area contributed by atoms with E-state index < -0.39 is 29.6 Å². The summed E-state index contributed by atoms with van der Waals surface area (Å²) in [6.45, 7) is 11.7. The first-order valence-electron chi connectivity index (χ1n) is 12.3. The van der Waals surface area contributed by atoms with Gasteiger partial charge in [0.25, 0.3) is 0 Å². The van der Waals surface area contributed by atoms with Gasteiger partial charge >= 0.3 is 0 Å². The van der Waals surface area contributed by atoms with Crippen molar-refractivity contribution in [2.24, 2.45) is 11.8 Å². The van der Waals surface area contributed by atoms with E-state index in [2.05, 4.69) is 29.1 Å². The summed E-state index contributed by atoms with van der Waals surface area (Å²) in [4.78, 5) is 46.5. The molecule has 4 rings (SSSR count). The Hall–Kier alpha value is -2.49. The lowest BCUT2D eigenvalue weighted by Crippen LogP contribution is -2.58. The first-order chi connectivity index (χ1) is 17.2. The second kappa shape index (κ2) is 10.5. The summed E-state index contributed by atoms with van der Waals surface area (Å²) in [6, 6.07) is 8.19. The number of para-hydroxylation sites is 1. The molecule has 3 unspecified atom stereocenters. The number of hydrogen-bond donors (Lipinski definition) is 1. The number of likely N-dealkylation sites (tertiary alicyclic amines) is 1. The van der Waals surface area contributed by atoms with Gasteiger partial charge in [-0.05, 0) is 32.4 Å². The molecule has 3 heterocycles. The van der Waals surface area contributed by atoms with Crippen molar-refractivity contribution in [1.82, 2.24) is 9.80 Å². The Kier molecular flexibility index (Phi) is 7.73. The fourth-order valence-corrected chi connectivity index (χ4v) is 7.07. The van der Waals surface area contributed by atoms with E-state index in [0.29, 0.717) is 18.7 Å². The molecule has 1 aromatic rings. The predicted molar refractivity (Wildman–Crippen MR) is 141 cm³/mol. The molecule has 3 fully saturated rings. The van der Waals surface area contributed by atoms with E-state index >= 15 is 0 Å². The molecular weight excluding hydrogens is 526 g/mol. The molecule has 0 aromatic heterocycles. The van der Waals surface area contributed by atoms with Crippen LogP contribution in [0.15, 0.2) is 55.6 Å². The maximum Gasteiger partial charge on any atom is 0.248 e. The summed E-state index contributed by atoms with van der Waals surface area (Å²) in [5.74, 6) is -2.41. The molecule has 36 heavy (non-hydrogen) atoms. The summed E-state index contributed by atoms with van der Waals surface area (Å²) in [5.41, 5.74) is -0.458. The largest absolute Gasteiger partial charge is 0.395 e. The lowest BCUT2D eigenvalue weighted by molar-refractivity contribution is -0.149. The number of aliphatic hydroxyl groups is 1. The molecule has 194 valence electrons. The second-order valence-electron chi connectivity index (χ2n) is 9.86. The van der Waals surface area contributed by atoms with Crippen LogP contribution < -0.4 is 4.90 Å². The van der Waals surface area contributed by atoms with Gasteiger partial charge in [0.05, 0.1) is 24.5 Å². The van der Waals surface area contributed by atoms with Crippen LogP contribution in [0.4, 0.5) is 5.69 Å². The zero-order chi connectivity index (χ0) is 26.2. The summed E-state index contributed by atoms with van der Waals surface area (Å²) < 4.78 is 6.55. The third-order valence-electron chi connectivity index (χ3n) is 7.53. The van der Waals surface area contributed by atoms with Gasteiger partial charge in [0.2, 0.25) is 17.7 Å². The number of aliphatic hydroxyl groups excluding tert-OH is 1. The number of benzene rings is 1. The highest BCUT2D eigenvalue weighted by Crippen LogP contribution is 2.60. The second-order valence-corrected chi connectivity index (χ2v) is 11.0. The SMILES string of the molecule is C=CCN(C(=O)[C@H]1[C@@H]2OC3(CC2Br)C(C(=O)N(CC=C)C(C)C)N(CCO)C(=O)[C@H]13)c1ccccc1. The van der Waals surface area contributed by atoms with Gasteiger partial charge in [0.15, 0.2) is 0 Å². The molecule has 9 heteroatoms. The third kappa shape index (κ3) is 4.11. The van der Waals surface area contributed by atoms with Crippen LogP contribution >= 0.6 is 15.9 Å². The van der Waals surface area contributed by atoms with Crippen molar-refractivity contribution in [2.45, 2.75) is 48.9 Å². The molecule has 1 aromatic carbocycles. The lowest BCUT2D eigenvalue weighted by atomic mass is 9.70. The number of rotatable bonds is 10. The van der Waals surface area contributed by atoms with Gasteiger partial charge in [0, 0.05) is 36.2 Å². The van der Waals surface area contributed by atoms with E-state index in [1.807, 2.05) is 44.2 Å². The minimum atomic E-state index is -1.16. The standard InChI is InChI=1S/C27H34BrN3O5/c1-5-12-29(17(3)4)26(35)23-27-16-19(28)22(36-27)20(21(27)25(34)31(23)14-15-32)24(33)30(13-6-2)18-10-8-7-9-11-18/h5-11,17,19-23,32H,1-2,12-16H2,3-4H3/t19?,20-,21+,22-,23?,27?/m1/s1. The van der Waals surface area contributed by atoms with Gasteiger partial charge in [-0.25, -0.2) is 0 Å². The summed E-state index contributed by atoms with van der Waals surface area (Å²) in [5, 5.41) is 9.79. The Morgan fingerprint density at radius 1 is 1.22 bits per heavy atom. The number of halogens is 1. The predicted octanol–water partition coefficient (Wildman–Crippen LogP) is 2.37. The Bertz CT molecular complexity index is 1030. The van der Waals surface area contributed by atoms with Gasteiger partial charge in [-0.3, -0.25) is 14.4 Å². The van der Waals surface area contributed by atoms with Crippen molar-refractivity contribution in [3.8, 4) is 0 Å². The Morgan fingerprint density at radius 3 is 2.47 bits per heavy atom. The van der Waals surface area contributed by atoms with Crippen LogP contribution in [0.3, 0.4) is 0 Å². The summed E-state index contributed by atoms with van der Waals surface area (Å²) >= 11 is 3.70. The fourth-order valence-electron chi connectivity index (χ4n) is 6.13. The third-order valence-corrected chi connectivity index (χ3v) is 8.37. The van der Waals surface area contributed by atoms with Crippen molar-refractivity contribution in [3.63, 3.8) is 0 Å².